The van der Waals surface area contributed by atoms with Crippen molar-refractivity contribution in [3.05, 3.63) is 34.3 Å². The Balaban J connectivity index is 2.02. The minimum atomic E-state index is 0.156. The van der Waals surface area contributed by atoms with E-state index in [4.69, 9.17) is 0 Å². The molecule has 1 unspecified atom stereocenters. The second-order valence-corrected chi connectivity index (χ2v) is 5.74. The molecule has 1 aromatic rings. The van der Waals surface area contributed by atoms with E-state index in [2.05, 4.69) is 21.2 Å². The molecule has 1 atom stereocenters. The van der Waals surface area contributed by atoms with Gasteiger partial charge in [-0.05, 0) is 56.6 Å². The lowest BCUT2D eigenvalue weighted by atomic mass is 9.97. The number of nitrogens with one attached hydrogen (secondary N) is 1. The highest BCUT2D eigenvalue weighted by Gasteiger charge is 2.23. The number of piperidine rings is 1. The van der Waals surface area contributed by atoms with Crippen LogP contribution in [0.2, 0.25) is 0 Å². The Morgan fingerprint density at radius 3 is 2.83 bits per heavy atom. The SMILES string of the molecule is CNCC1CCCN(C(=O)c2ccc(Br)cc2)C1. The van der Waals surface area contributed by atoms with Gasteiger partial charge >= 0.3 is 0 Å². The monoisotopic (exact) mass is 310 g/mol. The average Bonchev–Trinajstić information content (AvgIpc) is 2.39. The van der Waals surface area contributed by atoms with Crippen molar-refractivity contribution in [2.45, 2.75) is 12.8 Å². The van der Waals surface area contributed by atoms with Crippen LogP contribution in [0.4, 0.5) is 0 Å². The molecule has 1 N–H and O–H groups in total. The maximum Gasteiger partial charge on any atom is 0.253 e. The van der Waals surface area contributed by atoms with Crippen LogP contribution in [0.5, 0.6) is 0 Å². The second-order valence-electron chi connectivity index (χ2n) is 4.82. The number of halogens is 1. The van der Waals surface area contributed by atoms with Gasteiger partial charge in [-0.25, -0.2) is 0 Å². The minimum Gasteiger partial charge on any atom is -0.338 e. The van der Waals surface area contributed by atoms with Crippen molar-refractivity contribution in [3.63, 3.8) is 0 Å². The number of hydrogen-bond donors (Lipinski definition) is 1. The molecule has 0 spiro atoms. The Labute approximate surface area is 117 Å². The number of carbonyl (C=O) groups excluding carboxylic acids is 1. The van der Waals surface area contributed by atoms with E-state index in [9.17, 15) is 4.79 Å². The number of likely N-dealkylation sites (tertiary alicyclic amines) is 1. The summed E-state index contributed by atoms with van der Waals surface area (Å²) in [6.45, 7) is 2.75. The van der Waals surface area contributed by atoms with Crippen LogP contribution in [-0.4, -0.2) is 37.5 Å². The van der Waals surface area contributed by atoms with E-state index in [1.165, 1.54) is 6.42 Å². The summed E-state index contributed by atoms with van der Waals surface area (Å²) in [5.41, 5.74) is 0.781. The molecule has 0 bridgehead atoms. The first-order valence-corrected chi connectivity index (χ1v) is 7.19. The fraction of sp³-hybridized carbons (Fsp3) is 0.500. The summed E-state index contributed by atoms with van der Waals surface area (Å²) in [5.74, 6) is 0.742. The van der Waals surface area contributed by atoms with Crippen molar-refractivity contribution < 1.29 is 4.79 Å². The molecular weight excluding hydrogens is 292 g/mol. The maximum absolute atomic E-state index is 12.4. The highest BCUT2D eigenvalue weighted by atomic mass is 79.9. The van der Waals surface area contributed by atoms with Crippen LogP contribution in [0.15, 0.2) is 28.7 Å². The zero-order chi connectivity index (χ0) is 13.0. The fourth-order valence-corrected chi connectivity index (χ4v) is 2.74. The predicted octanol–water partition coefficient (Wildman–Crippen LogP) is 2.52. The number of amides is 1. The Morgan fingerprint density at radius 1 is 1.44 bits per heavy atom. The van der Waals surface area contributed by atoms with E-state index in [0.29, 0.717) is 5.92 Å². The number of nitrogens with zero attached hydrogens (tertiary/aromatic N) is 1. The van der Waals surface area contributed by atoms with E-state index in [0.717, 1.165) is 36.1 Å². The normalized spacial score (nSPS) is 19.9. The third-order valence-corrected chi connectivity index (χ3v) is 3.92. The molecule has 98 valence electrons. The molecule has 1 saturated heterocycles. The first kappa shape index (κ1) is 13.6. The molecule has 2 rings (SSSR count). The molecular formula is C14H19BrN2O. The van der Waals surface area contributed by atoms with E-state index >= 15 is 0 Å². The second kappa shape index (κ2) is 6.34. The number of carbonyl (C=O) groups is 1. The highest BCUT2D eigenvalue weighted by molar-refractivity contribution is 9.10. The molecule has 0 aliphatic carbocycles. The van der Waals surface area contributed by atoms with Gasteiger partial charge in [-0.2, -0.15) is 0 Å². The van der Waals surface area contributed by atoms with Crippen molar-refractivity contribution in [1.82, 2.24) is 10.2 Å². The van der Waals surface area contributed by atoms with Crippen molar-refractivity contribution >= 4 is 21.8 Å². The van der Waals surface area contributed by atoms with Gasteiger partial charge in [-0.1, -0.05) is 15.9 Å². The van der Waals surface area contributed by atoms with Gasteiger partial charge in [-0.3, -0.25) is 4.79 Å². The number of hydrogen-bond acceptors (Lipinski definition) is 2. The van der Waals surface area contributed by atoms with Gasteiger partial charge in [0.15, 0.2) is 0 Å². The lowest BCUT2D eigenvalue weighted by Crippen LogP contribution is -2.42. The van der Waals surface area contributed by atoms with Crippen LogP contribution in [0.3, 0.4) is 0 Å². The summed E-state index contributed by atoms with van der Waals surface area (Å²) in [5, 5.41) is 3.20. The van der Waals surface area contributed by atoms with Crippen molar-refractivity contribution in [2.75, 3.05) is 26.7 Å². The Bertz CT molecular complexity index is 403. The molecule has 1 amide bonds. The van der Waals surface area contributed by atoms with Crippen LogP contribution in [0.1, 0.15) is 23.2 Å². The number of benzene rings is 1. The molecule has 0 aromatic heterocycles. The molecule has 0 saturated carbocycles. The summed E-state index contributed by atoms with van der Waals surface area (Å²) in [6.07, 6.45) is 2.32. The maximum atomic E-state index is 12.4. The van der Waals surface area contributed by atoms with Crippen LogP contribution in [0.25, 0.3) is 0 Å². The zero-order valence-corrected chi connectivity index (χ0v) is 12.2. The Morgan fingerprint density at radius 2 is 2.17 bits per heavy atom. The molecule has 1 aromatic carbocycles. The van der Waals surface area contributed by atoms with Crippen molar-refractivity contribution in [2.24, 2.45) is 5.92 Å². The lowest BCUT2D eigenvalue weighted by Gasteiger charge is -2.32. The molecule has 4 heteroatoms. The Kier molecular flexibility index (Phi) is 4.78. The van der Waals surface area contributed by atoms with Gasteiger partial charge in [-0.15, -0.1) is 0 Å². The third-order valence-electron chi connectivity index (χ3n) is 3.39. The molecule has 1 aliphatic heterocycles. The molecule has 0 radical (unpaired) electrons. The summed E-state index contributed by atoms with van der Waals surface area (Å²) < 4.78 is 1.01. The third kappa shape index (κ3) is 3.33. The van der Waals surface area contributed by atoms with Gasteiger partial charge in [0.1, 0.15) is 0 Å². The number of rotatable bonds is 3. The minimum absolute atomic E-state index is 0.156. The Hall–Kier alpha value is -0.870. The van der Waals surface area contributed by atoms with Crippen LogP contribution in [0, 0.1) is 5.92 Å². The standard InChI is InChI=1S/C14H19BrN2O/c1-16-9-11-3-2-8-17(10-11)14(18)12-4-6-13(15)7-5-12/h4-7,11,16H,2-3,8-10H2,1H3. The molecule has 1 aliphatic rings. The van der Waals surface area contributed by atoms with E-state index in [1.54, 1.807) is 0 Å². The van der Waals surface area contributed by atoms with E-state index < -0.39 is 0 Å². The lowest BCUT2D eigenvalue weighted by molar-refractivity contribution is 0.0674. The average molecular weight is 311 g/mol. The van der Waals surface area contributed by atoms with Gasteiger partial charge in [0.25, 0.3) is 5.91 Å². The topological polar surface area (TPSA) is 32.3 Å². The van der Waals surface area contributed by atoms with Crippen LogP contribution < -0.4 is 5.32 Å². The summed E-state index contributed by atoms with van der Waals surface area (Å²) in [6, 6.07) is 7.60. The summed E-state index contributed by atoms with van der Waals surface area (Å²) >= 11 is 3.39. The molecule has 18 heavy (non-hydrogen) atoms. The first-order chi connectivity index (χ1) is 8.70. The highest BCUT2D eigenvalue weighted by Crippen LogP contribution is 2.19. The quantitative estimate of drug-likeness (QED) is 0.930. The largest absolute Gasteiger partial charge is 0.338 e. The van der Waals surface area contributed by atoms with Crippen molar-refractivity contribution in [1.29, 1.82) is 0 Å². The zero-order valence-electron chi connectivity index (χ0n) is 10.7. The van der Waals surface area contributed by atoms with Crippen molar-refractivity contribution in [3.8, 4) is 0 Å². The smallest absolute Gasteiger partial charge is 0.253 e. The predicted molar refractivity (Wildman–Crippen MR) is 76.7 cm³/mol. The van der Waals surface area contributed by atoms with Crippen LogP contribution >= 0.6 is 15.9 Å². The van der Waals surface area contributed by atoms with Gasteiger partial charge < -0.3 is 10.2 Å². The van der Waals surface area contributed by atoms with Gasteiger partial charge in [0.05, 0.1) is 0 Å². The fourth-order valence-electron chi connectivity index (χ4n) is 2.48. The molecule has 1 fully saturated rings. The molecule has 3 nitrogen and oxygen atoms in total. The summed E-state index contributed by atoms with van der Waals surface area (Å²) in [4.78, 5) is 14.3. The molecule has 1 heterocycles. The van der Waals surface area contributed by atoms with Gasteiger partial charge in [0.2, 0.25) is 0 Å². The van der Waals surface area contributed by atoms with Crippen LogP contribution in [-0.2, 0) is 0 Å². The first-order valence-electron chi connectivity index (χ1n) is 6.40. The summed E-state index contributed by atoms with van der Waals surface area (Å²) in [7, 11) is 1.97. The van der Waals surface area contributed by atoms with E-state index in [-0.39, 0.29) is 5.91 Å². The van der Waals surface area contributed by atoms with Gasteiger partial charge in [0, 0.05) is 23.1 Å². The van der Waals surface area contributed by atoms with E-state index in [1.807, 2.05) is 36.2 Å².